The van der Waals surface area contributed by atoms with E-state index in [1.54, 1.807) is 6.33 Å². The number of rotatable bonds is 13. The van der Waals surface area contributed by atoms with Crippen LogP contribution in [-0.2, 0) is 22.9 Å². The molecule has 284 valence electrons. The maximum atomic E-state index is 14.5. The monoisotopic (exact) mass is 739 g/mol. The molecule has 0 bridgehead atoms. The van der Waals surface area contributed by atoms with Gasteiger partial charge in [-0.3, -0.25) is 0 Å². The zero-order chi connectivity index (χ0) is 38.5. The third-order valence-corrected chi connectivity index (χ3v) is 11.2. The lowest BCUT2D eigenvalue weighted by molar-refractivity contribution is 0.122. The zero-order valence-corrected chi connectivity index (χ0v) is 31.9. The van der Waals surface area contributed by atoms with Crippen LogP contribution in [0.5, 0.6) is 0 Å². The van der Waals surface area contributed by atoms with E-state index in [0.29, 0.717) is 11.5 Å². The van der Waals surface area contributed by atoms with Gasteiger partial charge in [-0.1, -0.05) is 155 Å². The number of aliphatic hydroxyl groups is 1. The summed E-state index contributed by atoms with van der Waals surface area (Å²) in [6.07, 6.45) is 6.12. The first-order valence-corrected chi connectivity index (χ1v) is 19.4. The van der Waals surface area contributed by atoms with Gasteiger partial charge in [-0.2, -0.15) is 0 Å². The zero-order valence-electron chi connectivity index (χ0n) is 31.9. The molecule has 55 heavy (non-hydrogen) atoms. The van der Waals surface area contributed by atoms with Gasteiger partial charge in [0, 0.05) is 18.2 Å². The number of benzene rings is 5. The van der Waals surface area contributed by atoms with E-state index in [0.717, 1.165) is 48.4 Å². The van der Waals surface area contributed by atoms with Crippen LogP contribution < -0.4 is 10.6 Å². The van der Waals surface area contributed by atoms with Crippen LogP contribution in [0.15, 0.2) is 140 Å². The molecule has 0 amide bonds. The van der Waals surface area contributed by atoms with Gasteiger partial charge in [0.25, 0.3) is 0 Å². The lowest BCUT2D eigenvalue weighted by atomic mass is 9.74. The van der Waals surface area contributed by atoms with Gasteiger partial charge < -0.3 is 15.7 Å². The normalized spacial score (nSPS) is 15.7. The van der Waals surface area contributed by atoms with Crippen LogP contribution in [0.3, 0.4) is 0 Å². The second-order valence-corrected chi connectivity index (χ2v) is 16.0. The summed E-state index contributed by atoms with van der Waals surface area (Å²) in [6.45, 7) is 6.92. The number of anilines is 1. The summed E-state index contributed by atoms with van der Waals surface area (Å²) in [5.41, 5.74) is 4.70. The smallest absolute Gasteiger partial charge is 0.242 e. The molecule has 0 saturated heterocycles. The largest absolute Gasteiger partial charge is 0.390 e. The lowest BCUT2D eigenvalue weighted by Gasteiger charge is -2.41. The highest BCUT2D eigenvalue weighted by atomic mass is 19.1. The van der Waals surface area contributed by atoms with Crippen molar-refractivity contribution in [2.75, 3.05) is 11.9 Å². The van der Waals surface area contributed by atoms with Gasteiger partial charge in [0.1, 0.15) is 23.5 Å². The van der Waals surface area contributed by atoms with Crippen molar-refractivity contribution >= 4 is 5.95 Å². The standard InChI is InChI=1S/C47H51F2N5O/c1-45(2,3)38-23-16-24-39(30-38)46(25-14-7-15-26-46)51-32-43(55)42(29-34-27-40(48)31-41(49)28-34)52-44-50-33-54(53-44)47(35-17-8-4-9-18-35,36-19-10-5-11-20-36)37-21-12-6-13-22-37/h4-6,8-13,16-24,27-28,30-31,33,42-43,51,55H,7,14-15,25-26,29,32H2,1-3H3,(H,52,53). The maximum Gasteiger partial charge on any atom is 0.242 e. The molecular formula is C47H51F2N5O. The molecule has 0 spiro atoms. The predicted molar refractivity (Wildman–Crippen MR) is 216 cm³/mol. The second-order valence-electron chi connectivity index (χ2n) is 16.0. The highest BCUT2D eigenvalue weighted by molar-refractivity contribution is 5.50. The quantitative estimate of drug-likeness (QED) is 0.103. The molecule has 5 aromatic carbocycles. The highest BCUT2D eigenvalue weighted by Crippen LogP contribution is 2.41. The number of halogens is 2. The molecule has 6 aromatic rings. The van der Waals surface area contributed by atoms with Gasteiger partial charge in [0.15, 0.2) is 0 Å². The molecule has 1 heterocycles. The molecule has 2 atom stereocenters. The van der Waals surface area contributed by atoms with Crippen molar-refractivity contribution in [3.63, 3.8) is 0 Å². The Morgan fingerprint density at radius 1 is 0.709 bits per heavy atom. The number of hydrogen-bond donors (Lipinski definition) is 3. The SMILES string of the molecule is CC(C)(C)c1cccc(C2(NCC(O)C(Cc3cc(F)cc(F)c3)Nc3ncn(C(c4ccccc4)(c4ccccc4)c4ccccc4)n3)CCCCC2)c1. The van der Waals surface area contributed by atoms with Crippen molar-refractivity contribution in [3.05, 3.63) is 185 Å². The van der Waals surface area contributed by atoms with Gasteiger partial charge in [-0.15, -0.1) is 5.10 Å². The topological polar surface area (TPSA) is 75.0 Å². The lowest BCUT2D eigenvalue weighted by Crippen LogP contribution is -2.51. The molecule has 2 unspecified atom stereocenters. The van der Waals surface area contributed by atoms with E-state index in [1.807, 2.05) is 59.3 Å². The first-order valence-electron chi connectivity index (χ1n) is 19.4. The fraction of sp³-hybridized carbons (Fsp3) is 0.319. The Morgan fingerprint density at radius 2 is 1.25 bits per heavy atom. The second kappa shape index (κ2) is 16.3. The molecule has 1 aliphatic rings. The molecule has 6 nitrogen and oxygen atoms in total. The van der Waals surface area contributed by atoms with Crippen LogP contribution in [0.1, 0.15) is 86.3 Å². The van der Waals surface area contributed by atoms with E-state index in [2.05, 4.69) is 92.1 Å². The fourth-order valence-electron chi connectivity index (χ4n) is 8.31. The van der Waals surface area contributed by atoms with Crippen molar-refractivity contribution in [2.45, 2.75) is 87.9 Å². The molecular weight excluding hydrogens is 689 g/mol. The first-order chi connectivity index (χ1) is 26.6. The Morgan fingerprint density at radius 3 is 1.80 bits per heavy atom. The van der Waals surface area contributed by atoms with E-state index in [4.69, 9.17) is 10.1 Å². The fourth-order valence-corrected chi connectivity index (χ4v) is 8.31. The number of aliphatic hydroxyl groups excluding tert-OH is 1. The first kappa shape index (κ1) is 38.1. The van der Waals surface area contributed by atoms with Gasteiger partial charge in [0.05, 0.1) is 12.1 Å². The van der Waals surface area contributed by atoms with Crippen LogP contribution in [0.25, 0.3) is 0 Å². The molecule has 1 saturated carbocycles. The average Bonchev–Trinajstić information content (AvgIpc) is 3.66. The minimum Gasteiger partial charge on any atom is -0.390 e. The summed E-state index contributed by atoms with van der Waals surface area (Å²) in [6, 6.07) is 42.2. The molecule has 0 aliphatic heterocycles. The van der Waals surface area contributed by atoms with Crippen molar-refractivity contribution in [1.82, 2.24) is 20.1 Å². The summed E-state index contributed by atoms with van der Waals surface area (Å²) in [5.74, 6) is -1.04. The van der Waals surface area contributed by atoms with E-state index >= 15 is 0 Å². The number of nitrogens with one attached hydrogen (secondary N) is 2. The molecule has 1 fully saturated rings. The highest BCUT2D eigenvalue weighted by Gasteiger charge is 2.40. The average molecular weight is 740 g/mol. The molecule has 0 radical (unpaired) electrons. The van der Waals surface area contributed by atoms with Gasteiger partial charge in [-0.05, 0) is 70.2 Å². The minimum absolute atomic E-state index is 0.00382. The minimum atomic E-state index is -0.968. The van der Waals surface area contributed by atoms with E-state index in [9.17, 15) is 13.9 Å². The van der Waals surface area contributed by atoms with Crippen molar-refractivity contribution < 1.29 is 13.9 Å². The molecule has 1 aromatic heterocycles. The molecule has 1 aliphatic carbocycles. The third-order valence-electron chi connectivity index (χ3n) is 11.2. The van der Waals surface area contributed by atoms with Crippen molar-refractivity contribution in [1.29, 1.82) is 0 Å². The Hall–Kier alpha value is -5.18. The summed E-state index contributed by atoms with van der Waals surface area (Å²) < 4.78 is 30.9. The summed E-state index contributed by atoms with van der Waals surface area (Å²) in [7, 11) is 0. The number of aromatic nitrogens is 3. The van der Waals surface area contributed by atoms with Crippen molar-refractivity contribution in [2.24, 2.45) is 0 Å². The van der Waals surface area contributed by atoms with Crippen molar-refractivity contribution in [3.8, 4) is 0 Å². The number of nitrogens with zero attached hydrogens (tertiary/aromatic N) is 3. The Kier molecular flexibility index (Phi) is 11.3. The van der Waals surface area contributed by atoms with Crippen LogP contribution in [0, 0.1) is 11.6 Å². The summed E-state index contributed by atoms with van der Waals surface area (Å²) >= 11 is 0. The van der Waals surface area contributed by atoms with Crippen LogP contribution in [0.4, 0.5) is 14.7 Å². The third kappa shape index (κ3) is 8.26. The van der Waals surface area contributed by atoms with E-state index in [1.165, 1.54) is 29.7 Å². The Balaban J connectivity index is 1.24. The van der Waals surface area contributed by atoms with E-state index < -0.39 is 29.3 Å². The van der Waals surface area contributed by atoms with Crippen LogP contribution in [-0.4, -0.2) is 38.6 Å². The molecule has 8 heteroatoms. The van der Waals surface area contributed by atoms with Gasteiger partial charge in [-0.25, -0.2) is 18.4 Å². The predicted octanol–water partition coefficient (Wildman–Crippen LogP) is 9.53. The van der Waals surface area contributed by atoms with Gasteiger partial charge >= 0.3 is 0 Å². The van der Waals surface area contributed by atoms with E-state index in [-0.39, 0.29) is 23.9 Å². The molecule has 7 rings (SSSR count). The summed E-state index contributed by atoms with van der Waals surface area (Å²) in [5, 5.41) is 24.4. The number of hydrogen-bond acceptors (Lipinski definition) is 5. The van der Waals surface area contributed by atoms with Crippen LogP contribution >= 0.6 is 0 Å². The Bertz CT molecular complexity index is 2030. The molecule has 3 N–H and O–H groups in total. The summed E-state index contributed by atoms with van der Waals surface area (Å²) in [4.78, 5) is 4.76. The maximum absolute atomic E-state index is 14.5. The Labute approximate surface area is 323 Å². The van der Waals surface area contributed by atoms with Gasteiger partial charge in [0.2, 0.25) is 5.95 Å². The van der Waals surface area contributed by atoms with Crippen LogP contribution in [0.2, 0.25) is 0 Å².